The summed E-state index contributed by atoms with van der Waals surface area (Å²) >= 11 is 0. The number of imidazole rings is 1. The van der Waals surface area contributed by atoms with Crippen LogP contribution in [0.2, 0.25) is 0 Å². The third kappa shape index (κ3) is 4.26. The second-order valence-electron chi connectivity index (χ2n) is 5.16. The maximum Gasteiger partial charge on any atom is 0.189 e. The first-order valence-electron chi connectivity index (χ1n) is 7.36. The maximum absolute atomic E-state index is 5.97. The fourth-order valence-electron chi connectivity index (χ4n) is 2.61. The summed E-state index contributed by atoms with van der Waals surface area (Å²) in [5.41, 5.74) is 5.97. The van der Waals surface area contributed by atoms with Crippen molar-refractivity contribution in [3.05, 3.63) is 18.2 Å². The molecule has 106 valence electrons. The molecule has 1 saturated carbocycles. The van der Waals surface area contributed by atoms with Gasteiger partial charge in [-0.2, -0.15) is 0 Å². The lowest BCUT2D eigenvalue weighted by molar-refractivity contribution is 0.529. The smallest absolute Gasteiger partial charge is 0.189 e. The Bertz CT molecular complexity index is 402. The fraction of sp³-hybridized carbons (Fsp3) is 0.714. The van der Waals surface area contributed by atoms with Crippen LogP contribution in [-0.2, 0) is 13.1 Å². The zero-order valence-electron chi connectivity index (χ0n) is 11.8. The van der Waals surface area contributed by atoms with Gasteiger partial charge in [-0.05, 0) is 19.8 Å². The van der Waals surface area contributed by atoms with Crippen molar-refractivity contribution in [3.63, 3.8) is 0 Å². The van der Waals surface area contributed by atoms with Crippen LogP contribution >= 0.6 is 0 Å². The van der Waals surface area contributed by atoms with Crippen LogP contribution in [-0.4, -0.2) is 21.6 Å². The Morgan fingerprint density at radius 3 is 2.84 bits per heavy atom. The lowest BCUT2D eigenvalue weighted by Crippen LogP contribution is -2.39. The van der Waals surface area contributed by atoms with Gasteiger partial charge in [0.05, 0.1) is 0 Å². The molecule has 0 spiro atoms. The fourth-order valence-corrected chi connectivity index (χ4v) is 2.61. The van der Waals surface area contributed by atoms with Gasteiger partial charge in [0.1, 0.15) is 12.4 Å². The first-order valence-corrected chi connectivity index (χ1v) is 7.36. The number of aryl methyl sites for hydroxylation is 1. The van der Waals surface area contributed by atoms with Crippen molar-refractivity contribution < 1.29 is 0 Å². The summed E-state index contributed by atoms with van der Waals surface area (Å²) < 4.78 is 2.09. The van der Waals surface area contributed by atoms with Gasteiger partial charge in [0.2, 0.25) is 0 Å². The molecule has 1 aliphatic rings. The van der Waals surface area contributed by atoms with Crippen molar-refractivity contribution in [3.8, 4) is 0 Å². The summed E-state index contributed by atoms with van der Waals surface area (Å²) in [7, 11) is 0. The molecule has 0 aliphatic heterocycles. The van der Waals surface area contributed by atoms with Crippen molar-refractivity contribution in [2.24, 2.45) is 10.7 Å². The van der Waals surface area contributed by atoms with E-state index >= 15 is 0 Å². The molecule has 2 rings (SSSR count). The minimum Gasteiger partial charge on any atom is -0.370 e. The van der Waals surface area contributed by atoms with Gasteiger partial charge in [-0.25, -0.2) is 9.98 Å². The molecule has 0 atom stereocenters. The van der Waals surface area contributed by atoms with Gasteiger partial charge in [-0.3, -0.25) is 0 Å². The molecule has 0 bridgehead atoms. The van der Waals surface area contributed by atoms with E-state index in [9.17, 15) is 0 Å². The van der Waals surface area contributed by atoms with Crippen LogP contribution < -0.4 is 11.1 Å². The van der Waals surface area contributed by atoms with E-state index in [2.05, 4.69) is 26.8 Å². The molecule has 5 nitrogen and oxygen atoms in total. The predicted molar refractivity (Wildman–Crippen MR) is 77.9 cm³/mol. The first-order chi connectivity index (χ1) is 9.29. The highest BCUT2D eigenvalue weighted by Gasteiger charge is 2.12. The van der Waals surface area contributed by atoms with E-state index in [1.807, 2.05) is 12.4 Å². The van der Waals surface area contributed by atoms with Gasteiger partial charge < -0.3 is 15.6 Å². The van der Waals surface area contributed by atoms with E-state index in [0.717, 1.165) is 12.4 Å². The normalized spacial score (nSPS) is 18.3. The van der Waals surface area contributed by atoms with Gasteiger partial charge in [0, 0.05) is 25.0 Å². The lowest BCUT2D eigenvalue weighted by atomic mass is 10.1. The Hall–Kier alpha value is -1.52. The van der Waals surface area contributed by atoms with Crippen LogP contribution in [0.1, 0.15) is 51.3 Å². The van der Waals surface area contributed by atoms with Crippen molar-refractivity contribution in [2.45, 2.75) is 64.6 Å². The average molecular weight is 263 g/mol. The van der Waals surface area contributed by atoms with Crippen LogP contribution in [0.25, 0.3) is 0 Å². The summed E-state index contributed by atoms with van der Waals surface area (Å²) in [6, 6.07) is 0.497. The highest BCUT2D eigenvalue weighted by atomic mass is 15.1. The Labute approximate surface area is 115 Å². The zero-order valence-corrected chi connectivity index (χ0v) is 11.8. The van der Waals surface area contributed by atoms with Crippen LogP contribution in [0.5, 0.6) is 0 Å². The van der Waals surface area contributed by atoms with Crippen molar-refractivity contribution in [1.82, 2.24) is 14.9 Å². The third-order valence-corrected chi connectivity index (χ3v) is 3.74. The number of nitrogens with two attached hydrogens (primary N) is 1. The molecule has 1 aliphatic carbocycles. The molecule has 3 N–H and O–H groups in total. The summed E-state index contributed by atoms with van der Waals surface area (Å²) in [6.07, 6.45) is 11.5. The molecule has 19 heavy (non-hydrogen) atoms. The number of guanidine groups is 1. The molecular weight excluding hydrogens is 238 g/mol. The summed E-state index contributed by atoms with van der Waals surface area (Å²) in [4.78, 5) is 8.69. The van der Waals surface area contributed by atoms with E-state index in [4.69, 9.17) is 5.73 Å². The second kappa shape index (κ2) is 7.16. The van der Waals surface area contributed by atoms with Gasteiger partial charge in [0.25, 0.3) is 0 Å². The molecule has 5 heteroatoms. The zero-order chi connectivity index (χ0) is 13.5. The molecular formula is C14H25N5. The number of aromatic nitrogens is 2. The van der Waals surface area contributed by atoms with Gasteiger partial charge in [-0.1, -0.05) is 25.7 Å². The van der Waals surface area contributed by atoms with Crippen LogP contribution in [0.3, 0.4) is 0 Å². The number of hydrogen-bond donors (Lipinski definition) is 2. The van der Waals surface area contributed by atoms with E-state index in [-0.39, 0.29) is 0 Å². The van der Waals surface area contributed by atoms with E-state index < -0.39 is 0 Å². The maximum atomic E-state index is 5.97. The van der Waals surface area contributed by atoms with Crippen molar-refractivity contribution in [2.75, 3.05) is 0 Å². The average Bonchev–Trinajstić information content (AvgIpc) is 2.72. The van der Waals surface area contributed by atoms with E-state index in [1.165, 1.54) is 38.5 Å². The van der Waals surface area contributed by atoms with Crippen LogP contribution in [0.15, 0.2) is 17.4 Å². The number of nitrogens with zero attached hydrogens (tertiary/aromatic N) is 3. The van der Waals surface area contributed by atoms with E-state index in [0.29, 0.717) is 18.5 Å². The molecule has 0 saturated heterocycles. The quantitative estimate of drug-likeness (QED) is 0.496. The minimum atomic E-state index is 0.497. The van der Waals surface area contributed by atoms with Gasteiger partial charge in [0.15, 0.2) is 5.96 Å². The van der Waals surface area contributed by atoms with Crippen molar-refractivity contribution >= 4 is 5.96 Å². The van der Waals surface area contributed by atoms with Crippen LogP contribution in [0, 0.1) is 0 Å². The number of hydrogen-bond acceptors (Lipinski definition) is 2. The Morgan fingerprint density at radius 1 is 1.42 bits per heavy atom. The Balaban J connectivity index is 1.84. The Kier molecular flexibility index (Phi) is 5.24. The molecule has 1 fully saturated rings. The number of rotatable bonds is 4. The molecule has 0 unspecified atom stereocenters. The lowest BCUT2D eigenvalue weighted by Gasteiger charge is -2.16. The van der Waals surface area contributed by atoms with Crippen molar-refractivity contribution in [1.29, 1.82) is 0 Å². The number of aliphatic imine (C=N–C) groups is 1. The SMILES string of the molecule is CCn1ccnc1CN=C(N)NC1CCCCCC1. The largest absolute Gasteiger partial charge is 0.370 e. The number of nitrogens with one attached hydrogen (secondary N) is 1. The standard InChI is InChI=1S/C14H25N5/c1-2-19-10-9-16-13(19)11-17-14(15)18-12-7-5-3-4-6-8-12/h9-10,12H,2-8,11H2,1H3,(H3,15,17,18). The Morgan fingerprint density at radius 2 is 2.16 bits per heavy atom. The first kappa shape index (κ1) is 13.9. The van der Waals surface area contributed by atoms with Crippen LogP contribution in [0.4, 0.5) is 0 Å². The predicted octanol–water partition coefficient (Wildman–Crippen LogP) is 2.03. The highest BCUT2D eigenvalue weighted by molar-refractivity contribution is 5.78. The molecule has 1 aromatic rings. The summed E-state index contributed by atoms with van der Waals surface area (Å²) in [6.45, 7) is 3.56. The molecule has 1 heterocycles. The molecule has 0 radical (unpaired) electrons. The van der Waals surface area contributed by atoms with Gasteiger partial charge >= 0.3 is 0 Å². The molecule has 0 amide bonds. The highest BCUT2D eigenvalue weighted by Crippen LogP contribution is 2.16. The monoisotopic (exact) mass is 263 g/mol. The molecule has 0 aromatic carbocycles. The minimum absolute atomic E-state index is 0.497. The third-order valence-electron chi connectivity index (χ3n) is 3.74. The van der Waals surface area contributed by atoms with Gasteiger partial charge in [-0.15, -0.1) is 0 Å². The summed E-state index contributed by atoms with van der Waals surface area (Å²) in [5.74, 6) is 1.52. The molecule has 1 aromatic heterocycles. The summed E-state index contributed by atoms with van der Waals surface area (Å²) in [5, 5.41) is 3.35. The second-order valence-corrected chi connectivity index (χ2v) is 5.16. The van der Waals surface area contributed by atoms with E-state index in [1.54, 1.807) is 0 Å². The topological polar surface area (TPSA) is 68.2 Å².